The maximum Gasteiger partial charge on any atom is 0.325 e. The number of fused-ring (bicyclic) bond motifs is 1. The minimum atomic E-state index is -0.869. The van der Waals surface area contributed by atoms with E-state index in [4.69, 9.17) is 10.1 Å². The lowest BCUT2D eigenvalue weighted by atomic mass is 9.95. The first-order valence-electron chi connectivity index (χ1n) is 8.98. The van der Waals surface area contributed by atoms with Crippen molar-refractivity contribution in [3.8, 4) is 0 Å². The SMILES string of the molecule is Cc1ccc2nc(CN3CCC[C@@H](c4ccn(CC(=O)O)n4)C3)cn2c1. The Morgan fingerprint density at radius 1 is 1.31 bits per heavy atom. The van der Waals surface area contributed by atoms with E-state index in [1.54, 1.807) is 6.20 Å². The maximum absolute atomic E-state index is 10.8. The van der Waals surface area contributed by atoms with Gasteiger partial charge in [-0.1, -0.05) is 6.07 Å². The fraction of sp³-hybridized carbons (Fsp3) is 0.421. The first-order valence-corrected chi connectivity index (χ1v) is 8.98. The summed E-state index contributed by atoms with van der Waals surface area (Å²) in [6, 6.07) is 6.08. The number of likely N-dealkylation sites (tertiary alicyclic amines) is 1. The van der Waals surface area contributed by atoms with Gasteiger partial charge in [0.05, 0.1) is 11.4 Å². The predicted molar refractivity (Wildman–Crippen MR) is 97.0 cm³/mol. The Balaban J connectivity index is 1.44. The molecule has 26 heavy (non-hydrogen) atoms. The van der Waals surface area contributed by atoms with Crippen LogP contribution < -0.4 is 0 Å². The molecule has 0 unspecified atom stereocenters. The molecule has 0 saturated carbocycles. The Hall–Kier alpha value is -2.67. The minimum Gasteiger partial charge on any atom is -0.480 e. The van der Waals surface area contributed by atoms with E-state index in [1.807, 2.05) is 12.1 Å². The number of piperidine rings is 1. The van der Waals surface area contributed by atoms with E-state index in [-0.39, 0.29) is 6.54 Å². The van der Waals surface area contributed by atoms with Crippen LogP contribution in [-0.4, -0.2) is 48.2 Å². The smallest absolute Gasteiger partial charge is 0.325 e. The van der Waals surface area contributed by atoms with Gasteiger partial charge in [0.2, 0.25) is 0 Å². The van der Waals surface area contributed by atoms with Crippen molar-refractivity contribution in [2.75, 3.05) is 13.1 Å². The highest BCUT2D eigenvalue weighted by molar-refractivity contribution is 5.66. The van der Waals surface area contributed by atoms with Crippen molar-refractivity contribution in [2.45, 2.75) is 38.8 Å². The molecular weight excluding hydrogens is 330 g/mol. The minimum absolute atomic E-state index is 0.0862. The number of aryl methyl sites for hydroxylation is 1. The number of hydrogen-bond acceptors (Lipinski definition) is 4. The Morgan fingerprint density at radius 3 is 3.04 bits per heavy atom. The third-order valence-corrected chi connectivity index (χ3v) is 4.92. The zero-order chi connectivity index (χ0) is 18.1. The van der Waals surface area contributed by atoms with E-state index in [2.05, 4.69) is 39.8 Å². The van der Waals surface area contributed by atoms with Crippen molar-refractivity contribution in [1.29, 1.82) is 0 Å². The summed E-state index contributed by atoms with van der Waals surface area (Å²) in [4.78, 5) is 18.0. The van der Waals surface area contributed by atoms with Gasteiger partial charge in [-0.15, -0.1) is 0 Å². The van der Waals surface area contributed by atoms with Crippen LogP contribution in [0.25, 0.3) is 5.65 Å². The zero-order valence-electron chi connectivity index (χ0n) is 14.9. The van der Waals surface area contributed by atoms with E-state index in [0.717, 1.165) is 49.5 Å². The molecule has 0 amide bonds. The molecule has 1 saturated heterocycles. The number of pyridine rings is 1. The summed E-state index contributed by atoms with van der Waals surface area (Å²) in [7, 11) is 0. The molecule has 1 atom stereocenters. The van der Waals surface area contributed by atoms with Gasteiger partial charge in [-0.2, -0.15) is 5.10 Å². The van der Waals surface area contributed by atoms with Crippen LogP contribution in [0.1, 0.15) is 35.7 Å². The van der Waals surface area contributed by atoms with E-state index in [9.17, 15) is 4.79 Å². The van der Waals surface area contributed by atoms with Crippen LogP contribution in [0.15, 0.2) is 36.8 Å². The summed E-state index contributed by atoms with van der Waals surface area (Å²) < 4.78 is 3.58. The summed E-state index contributed by atoms with van der Waals surface area (Å²) in [5, 5.41) is 13.3. The summed E-state index contributed by atoms with van der Waals surface area (Å²) in [5.41, 5.74) is 4.26. The molecular formula is C19H23N5O2. The highest BCUT2D eigenvalue weighted by atomic mass is 16.4. The van der Waals surface area contributed by atoms with Gasteiger partial charge in [-0.05, 0) is 44.0 Å². The van der Waals surface area contributed by atoms with Crippen LogP contribution in [0.3, 0.4) is 0 Å². The van der Waals surface area contributed by atoms with Crippen molar-refractivity contribution in [2.24, 2.45) is 0 Å². The van der Waals surface area contributed by atoms with Gasteiger partial charge in [-0.3, -0.25) is 14.4 Å². The highest BCUT2D eigenvalue weighted by Gasteiger charge is 2.24. The second-order valence-corrected chi connectivity index (χ2v) is 7.11. The largest absolute Gasteiger partial charge is 0.480 e. The van der Waals surface area contributed by atoms with Crippen LogP contribution in [-0.2, 0) is 17.9 Å². The Kier molecular flexibility index (Phi) is 4.46. The fourth-order valence-electron chi connectivity index (χ4n) is 3.72. The number of carboxylic acid groups (broad SMARTS) is 1. The average molecular weight is 353 g/mol. The lowest BCUT2D eigenvalue weighted by Crippen LogP contribution is -2.34. The van der Waals surface area contributed by atoms with Crippen LogP contribution in [0.2, 0.25) is 0 Å². The molecule has 4 heterocycles. The van der Waals surface area contributed by atoms with Crippen molar-refractivity contribution in [3.63, 3.8) is 0 Å². The quantitative estimate of drug-likeness (QED) is 0.762. The van der Waals surface area contributed by atoms with Crippen molar-refractivity contribution < 1.29 is 9.90 Å². The van der Waals surface area contributed by atoms with E-state index < -0.39 is 5.97 Å². The summed E-state index contributed by atoms with van der Waals surface area (Å²) in [5.74, 6) is -0.523. The normalized spacial score (nSPS) is 18.4. The molecule has 0 bridgehead atoms. The first-order chi connectivity index (χ1) is 12.6. The number of imidazole rings is 1. The van der Waals surface area contributed by atoms with Crippen molar-refractivity contribution in [1.82, 2.24) is 24.1 Å². The van der Waals surface area contributed by atoms with E-state index in [0.29, 0.717) is 5.92 Å². The fourth-order valence-corrected chi connectivity index (χ4v) is 3.72. The lowest BCUT2D eigenvalue weighted by molar-refractivity contribution is -0.137. The van der Waals surface area contributed by atoms with Gasteiger partial charge < -0.3 is 9.51 Å². The van der Waals surface area contributed by atoms with Gasteiger partial charge in [0.25, 0.3) is 0 Å². The van der Waals surface area contributed by atoms with Crippen molar-refractivity contribution >= 4 is 11.6 Å². The molecule has 7 nitrogen and oxygen atoms in total. The molecule has 4 rings (SSSR count). The number of carbonyl (C=O) groups is 1. The van der Waals surface area contributed by atoms with Gasteiger partial charge in [0, 0.05) is 37.6 Å². The zero-order valence-corrected chi connectivity index (χ0v) is 14.9. The van der Waals surface area contributed by atoms with Gasteiger partial charge in [-0.25, -0.2) is 4.98 Å². The summed E-state index contributed by atoms with van der Waals surface area (Å²) in [6.07, 6.45) is 8.16. The van der Waals surface area contributed by atoms with Crippen LogP contribution in [0, 0.1) is 6.92 Å². The average Bonchev–Trinajstić information content (AvgIpc) is 3.20. The molecule has 3 aromatic heterocycles. The summed E-state index contributed by atoms with van der Waals surface area (Å²) in [6.45, 7) is 4.80. The van der Waals surface area contributed by atoms with Gasteiger partial charge in [0.1, 0.15) is 12.2 Å². The predicted octanol–water partition coefficient (Wildman–Crippen LogP) is 2.30. The topological polar surface area (TPSA) is 75.7 Å². The Labute approximate surface area is 151 Å². The first kappa shape index (κ1) is 16.8. The molecule has 0 spiro atoms. The lowest BCUT2D eigenvalue weighted by Gasteiger charge is -2.31. The number of rotatable bonds is 5. The Morgan fingerprint density at radius 2 is 2.19 bits per heavy atom. The van der Waals surface area contributed by atoms with Gasteiger partial charge >= 0.3 is 5.97 Å². The second kappa shape index (κ2) is 6.92. The molecule has 0 aliphatic carbocycles. The molecule has 1 aliphatic heterocycles. The second-order valence-electron chi connectivity index (χ2n) is 7.11. The number of aromatic nitrogens is 4. The molecule has 3 aromatic rings. The van der Waals surface area contributed by atoms with Crippen LogP contribution in [0.5, 0.6) is 0 Å². The van der Waals surface area contributed by atoms with Crippen LogP contribution in [0.4, 0.5) is 0 Å². The van der Waals surface area contributed by atoms with Crippen molar-refractivity contribution in [3.05, 3.63) is 53.7 Å². The standard InChI is InChI=1S/C19H23N5O2/c1-14-4-5-18-20-16(12-23(18)9-14)11-22-7-2-3-15(10-22)17-6-8-24(21-17)13-19(25)26/h4-6,8-9,12,15H,2-3,7,10-11,13H2,1H3,(H,25,26)/t15-/m1/s1. The molecule has 136 valence electrons. The van der Waals surface area contributed by atoms with E-state index in [1.165, 1.54) is 10.2 Å². The third-order valence-electron chi connectivity index (χ3n) is 4.92. The molecule has 1 aliphatic rings. The molecule has 1 N–H and O–H groups in total. The summed E-state index contributed by atoms with van der Waals surface area (Å²) >= 11 is 0. The number of aliphatic carboxylic acids is 1. The van der Waals surface area contributed by atoms with Crippen LogP contribution >= 0.6 is 0 Å². The molecule has 0 aromatic carbocycles. The number of nitrogens with zero attached hydrogens (tertiary/aromatic N) is 5. The molecule has 0 radical (unpaired) electrons. The van der Waals surface area contributed by atoms with E-state index >= 15 is 0 Å². The molecule has 1 fully saturated rings. The Bertz CT molecular complexity index is 929. The van der Waals surface area contributed by atoms with Gasteiger partial charge in [0.15, 0.2) is 0 Å². The number of hydrogen-bond donors (Lipinski definition) is 1. The third kappa shape index (κ3) is 3.62. The monoisotopic (exact) mass is 353 g/mol. The highest BCUT2D eigenvalue weighted by Crippen LogP contribution is 2.26. The molecule has 7 heteroatoms. The maximum atomic E-state index is 10.8. The number of carboxylic acids is 1.